The molecular weight excluding hydrogens is 396 g/mol. The summed E-state index contributed by atoms with van der Waals surface area (Å²) in [4.78, 5) is 0. The fourth-order valence-electron chi connectivity index (χ4n) is 7.34. The summed E-state index contributed by atoms with van der Waals surface area (Å²) in [6, 6.07) is 27.4. The lowest BCUT2D eigenvalue weighted by atomic mass is 9.58. The Morgan fingerprint density at radius 2 is 1.09 bits per heavy atom. The Hall–Kier alpha value is -3.12. The molecule has 1 atom stereocenters. The molecule has 1 saturated carbocycles. The highest BCUT2D eigenvalue weighted by atomic mass is 14.5. The van der Waals surface area contributed by atoms with Crippen LogP contribution in [0.2, 0.25) is 0 Å². The molecule has 1 fully saturated rings. The molecule has 3 aromatic carbocycles. The van der Waals surface area contributed by atoms with Gasteiger partial charge in [-0.05, 0) is 94.5 Å². The molecule has 33 heavy (non-hydrogen) atoms. The third kappa shape index (κ3) is 2.90. The first kappa shape index (κ1) is 19.4. The molecule has 7 rings (SSSR count). The largest absolute Gasteiger partial charge is 0.0760 e. The van der Waals surface area contributed by atoms with Crippen LogP contribution in [0, 0.1) is 11.3 Å². The third-order valence-electron chi connectivity index (χ3n) is 8.76. The van der Waals surface area contributed by atoms with Crippen molar-refractivity contribution in [1.82, 2.24) is 0 Å². The first-order valence-electron chi connectivity index (χ1n) is 12.7. The molecule has 4 aliphatic rings. The van der Waals surface area contributed by atoms with Crippen LogP contribution in [0.5, 0.6) is 0 Å². The smallest absolute Gasteiger partial charge is 0.0214 e. The van der Waals surface area contributed by atoms with Crippen molar-refractivity contribution in [1.29, 1.82) is 0 Å². The Morgan fingerprint density at radius 1 is 0.576 bits per heavy atom. The third-order valence-corrected chi connectivity index (χ3v) is 8.76. The second-order valence-electron chi connectivity index (χ2n) is 10.4. The highest BCUT2D eigenvalue weighted by Crippen LogP contribution is 2.61. The van der Waals surface area contributed by atoms with E-state index in [9.17, 15) is 0 Å². The second kappa shape index (κ2) is 7.45. The van der Waals surface area contributed by atoms with E-state index in [1.807, 2.05) is 0 Å². The topological polar surface area (TPSA) is 0 Å². The van der Waals surface area contributed by atoms with Crippen LogP contribution < -0.4 is 0 Å². The van der Waals surface area contributed by atoms with E-state index >= 15 is 0 Å². The lowest BCUT2D eigenvalue weighted by molar-refractivity contribution is 0.303. The predicted molar refractivity (Wildman–Crippen MR) is 139 cm³/mol. The van der Waals surface area contributed by atoms with Gasteiger partial charge in [0.2, 0.25) is 0 Å². The minimum absolute atomic E-state index is 0.112. The maximum atomic E-state index is 2.58. The van der Waals surface area contributed by atoms with Crippen LogP contribution in [-0.4, -0.2) is 0 Å². The lowest BCUT2D eigenvalue weighted by Gasteiger charge is -2.45. The molecular formula is C33H30. The Labute approximate surface area is 197 Å². The van der Waals surface area contributed by atoms with E-state index in [-0.39, 0.29) is 5.41 Å². The van der Waals surface area contributed by atoms with Crippen molar-refractivity contribution < 1.29 is 0 Å². The molecule has 0 spiro atoms. The second-order valence-corrected chi connectivity index (χ2v) is 10.4. The first-order valence-corrected chi connectivity index (χ1v) is 12.7. The van der Waals surface area contributed by atoms with E-state index in [0.717, 1.165) is 19.3 Å². The van der Waals surface area contributed by atoms with E-state index in [0.29, 0.717) is 5.92 Å². The fourth-order valence-corrected chi connectivity index (χ4v) is 7.34. The maximum absolute atomic E-state index is 2.58. The molecule has 4 aliphatic carbocycles. The number of rotatable bonds is 3. The van der Waals surface area contributed by atoms with Crippen molar-refractivity contribution in [2.45, 2.75) is 44.9 Å². The van der Waals surface area contributed by atoms with Gasteiger partial charge in [-0.25, -0.2) is 0 Å². The number of hydrogen-bond acceptors (Lipinski definition) is 0. The van der Waals surface area contributed by atoms with Gasteiger partial charge in [0.1, 0.15) is 0 Å². The van der Waals surface area contributed by atoms with Crippen molar-refractivity contribution in [3.05, 3.63) is 124 Å². The first-order chi connectivity index (χ1) is 16.3. The molecule has 0 amide bonds. The fraction of sp³-hybridized carbons (Fsp3) is 0.273. The quantitative estimate of drug-likeness (QED) is 0.397. The summed E-state index contributed by atoms with van der Waals surface area (Å²) < 4.78 is 0. The average molecular weight is 427 g/mol. The average Bonchev–Trinajstić information content (AvgIpc) is 3.61. The molecule has 0 radical (unpaired) electrons. The highest BCUT2D eigenvalue weighted by molar-refractivity contribution is 5.92. The standard InChI is InChI=1S/C33H30/c1-4-12-27-23(8-1)15-18-28(27)26-11-7-21-33(22-26,31-19-16-24-9-2-5-13-29(24)31)32-20-17-25-10-3-6-14-30(25)32/h1-6,8-10,12-14,18-20,26H,7,11,15-17,21-22H2. The Morgan fingerprint density at radius 3 is 1.73 bits per heavy atom. The summed E-state index contributed by atoms with van der Waals surface area (Å²) in [5.41, 5.74) is 14.0. The molecule has 0 aromatic heterocycles. The van der Waals surface area contributed by atoms with Gasteiger partial charge in [0.05, 0.1) is 0 Å². The van der Waals surface area contributed by atoms with Gasteiger partial charge >= 0.3 is 0 Å². The van der Waals surface area contributed by atoms with Crippen molar-refractivity contribution in [2.24, 2.45) is 11.3 Å². The summed E-state index contributed by atoms with van der Waals surface area (Å²) in [5.74, 6) is 0.629. The molecule has 0 saturated heterocycles. The monoisotopic (exact) mass is 426 g/mol. The van der Waals surface area contributed by atoms with Gasteiger partial charge in [0.15, 0.2) is 0 Å². The van der Waals surface area contributed by atoms with Crippen LogP contribution in [0.1, 0.15) is 59.1 Å². The minimum Gasteiger partial charge on any atom is -0.0760 e. The molecule has 0 bridgehead atoms. The summed E-state index contributed by atoms with van der Waals surface area (Å²) in [6.45, 7) is 0. The van der Waals surface area contributed by atoms with Gasteiger partial charge < -0.3 is 0 Å². The van der Waals surface area contributed by atoms with Gasteiger partial charge in [-0.3, -0.25) is 0 Å². The Balaban J connectivity index is 1.36. The summed E-state index contributed by atoms with van der Waals surface area (Å²) in [6.07, 6.45) is 16.1. The van der Waals surface area contributed by atoms with Crippen LogP contribution in [-0.2, 0) is 19.3 Å². The zero-order chi connectivity index (χ0) is 21.8. The Kier molecular flexibility index (Phi) is 4.37. The van der Waals surface area contributed by atoms with Gasteiger partial charge in [0.25, 0.3) is 0 Å². The normalized spacial score (nSPS) is 22.2. The molecule has 0 heteroatoms. The van der Waals surface area contributed by atoms with E-state index in [2.05, 4.69) is 91.0 Å². The van der Waals surface area contributed by atoms with Crippen LogP contribution in [0.3, 0.4) is 0 Å². The zero-order valence-corrected chi connectivity index (χ0v) is 19.2. The van der Waals surface area contributed by atoms with E-state index in [1.165, 1.54) is 59.1 Å². The van der Waals surface area contributed by atoms with Crippen LogP contribution in [0.4, 0.5) is 0 Å². The lowest BCUT2D eigenvalue weighted by Crippen LogP contribution is -2.31. The van der Waals surface area contributed by atoms with Crippen LogP contribution >= 0.6 is 0 Å². The molecule has 0 N–H and O–H groups in total. The SMILES string of the molecule is C1=C(C2CCCC(C3=CCc4ccccc43)(C3=CCc4ccccc43)C2)c2ccccc2C1. The van der Waals surface area contributed by atoms with Crippen molar-refractivity contribution in [3.63, 3.8) is 0 Å². The van der Waals surface area contributed by atoms with Crippen LogP contribution in [0.15, 0.2) is 91.0 Å². The summed E-state index contributed by atoms with van der Waals surface area (Å²) >= 11 is 0. The number of hydrogen-bond donors (Lipinski definition) is 0. The van der Waals surface area contributed by atoms with Gasteiger partial charge in [-0.2, -0.15) is 0 Å². The van der Waals surface area contributed by atoms with Gasteiger partial charge in [-0.15, -0.1) is 0 Å². The summed E-state index contributed by atoms with van der Waals surface area (Å²) in [5, 5.41) is 0. The zero-order valence-electron chi connectivity index (χ0n) is 19.2. The molecule has 0 aliphatic heterocycles. The summed E-state index contributed by atoms with van der Waals surface area (Å²) in [7, 11) is 0. The minimum atomic E-state index is 0.112. The number of allylic oxidation sites excluding steroid dienone is 6. The van der Waals surface area contributed by atoms with Gasteiger partial charge in [-0.1, -0.05) is 97.4 Å². The number of fused-ring (bicyclic) bond motifs is 3. The molecule has 0 nitrogen and oxygen atoms in total. The van der Waals surface area contributed by atoms with Crippen LogP contribution in [0.25, 0.3) is 16.7 Å². The predicted octanol–water partition coefficient (Wildman–Crippen LogP) is 8.08. The molecule has 3 aromatic rings. The van der Waals surface area contributed by atoms with E-state index in [4.69, 9.17) is 0 Å². The van der Waals surface area contributed by atoms with Crippen molar-refractivity contribution in [3.8, 4) is 0 Å². The highest BCUT2D eigenvalue weighted by Gasteiger charge is 2.46. The maximum Gasteiger partial charge on any atom is 0.0214 e. The number of benzene rings is 3. The van der Waals surface area contributed by atoms with Gasteiger partial charge in [0, 0.05) is 5.41 Å². The van der Waals surface area contributed by atoms with E-state index in [1.54, 1.807) is 16.7 Å². The van der Waals surface area contributed by atoms with Crippen molar-refractivity contribution in [2.75, 3.05) is 0 Å². The van der Waals surface area contributed by atoms with E-state index < -0.39 is 0 Å². The molecule has 0 heterocycles. The van der Waals surface area contributed by atoms with Crippen molar-refractivity contribution >= 4 is 16.7 Å². The Bertz CT molecular complexity index is 1280. The molecule has 1 unspecified atom stereocenters. The molecule has 162 valence electrons.